The number of aliphatic carboxylic acids is 1. The Balaban J connectivity index is 3.87. The number of carboxylic acids is 1. The molecule has 0 aliphatic heterocycles. The van der Waals surface area contributed by atoms with Crippen molar-refractivity contribution in [3.05, 3.63) is 0 Å². The van der Waals surface area contributed by atoms with Gasteiger partial charge in [-0.15, -0.1) is 0 Å². The molecule has 0 saturated carbocycles. The zero-order chi connectivity index (χ0) is 10.3. The molecule has 0 aliphatic rings. The standard InChI is InChI=1S/C5H12NO4P3/c7-4(8)2-1-3(6-11)5(9)10-13-12/h3,6,13H,1-2,11-12H2,(H,7,8). The Morgan fingerprint density at radius 3 is 2.62 bits per heavy atom. The molecule has 5 nitrogen and oxygen atoms in total. The third-order valence-electron chi connectivity index (χ3n) is 1.29. The molecule has 0 rings (SSSR count). The molecule has 0 aliphatic carbocycles. The van der Waals surface area contributed by atoms with Crippen molar-refractivity contribution >= 4 is 38.8 Å². The number of carbonyl (C=O) groups is 2. The van der Waals surface area contributed by atoms with Crippen molar-refractivity contribution in [1.29, 1.82) is 0 Å². The molecule has 8 heteroatoms. The molecule has 0 aromatic rings. The Bertz CT molecular complexity index is 189. The predicted molar refractivity (Wildman–Crippen MR) is 57.6 cm³/mol. The number of hydrogen-bond acceptors (Lipinski definition) is 4. The Morgan fingerprint density at radius 2 is 2.23 bits per heavy atom. The first-order valence-electron chi connectivity index (χ1n) is 3.46. The fourth-order valence-corrected chi connectivity index (χ4v) is 1.58. The largest absolute Gasteiger partial charge is 0.481 e. The summed E-state index contributed by atoms with van der Waals surface area (Å²) < 4.78 is 4.71. The average Bonchev–Trinajstić information content (AvgIpc) is 2.05. The van der Waals surface area contributed by atoms with E-state index in [0.717, 1.165) is 0 Å². The fourth-order valence-electron chi connectivity index (χ4n) is 0.666. The van der Waals surface area contributed by atoms with Gasteiger partial charge in [-0.3, -0.25) is 14.7 Å². The van der Waals surface area contributed by atoms with E-state index >= 15 is 0 Å². The minimum Gasteiger partial charge on any atom is -0.481 e. The van der Waals surface area contributed by atoms with E-state index in [1.54, 1.807) is 0 Å². The first kappa shape index (κ1) is 13.2. The van der Waals surface area contributed by atoms with Crippen LogP contribution in [0.25, 0.3) is 0 Å². The van der Waals surface area contributed by atoms with Gasteiger partial charge < -0.3 is 9.63 Å². The van der Waals surface area contributed by atoms with Gasteiger partial charge in [0.25, 0.3) is 0 Å². The lowest BCUT2D eigenvalue weighted by Gasteiger charge is -2.12. The molecule has 0 amide bonds. The topological polar surface area (TPSA) is 75.6 Å². The van der Waals surface area contributed by atoms with Gasteiger partial charge in [-0.2, -0.15) is 0 Å². The van der Waals surface area contributed by atoms with Crippen LogP contribution in [0.2, 0.25) is 0 Å². The number of nitrogens with one attached hydrogen (secondary N) is 1. The van der Waals surface area contributed by atoms with Gasteiger partial charge in [0.05, 0.1) is 8.50 Å². The van der Waals surface area contributed by atoms with Gasteiger partial charge in [-0.05, 0) is 6.42 Å². The molecule has 0 saturated heterocycles. The Kier molecular flexibility index (Phi) is 7.69. The zero-order valence-electron chi connectivity index (χ0n) is 6.82. The van der Waals surface area contributed by atoms with Crippen LogP contribution in [0, 0.1) is 0 Å². The molecule has 0 bridgehead atoms. The van der Waals surface area contributed by atoms with Crippen molar-refractivity contribution in [3.8, 4) is 0 Å². The summed E-state index contributed by atoms with van der Waals surface area (Å²) in [4.78, 5) is 21.3. The van der Waals surface area contributed by atoms with E-state index in [0.29, 0.717) is 0 Å². The predicted octanol–water partition coefficient (Wildman–Crippen LogP) is 0.526. The highest BCUT2D eigenvalue weighted by molar-refractivity contribution is 8.00. The SMILES string of the molecule is O=C(O)CCC(NP)C(=O)OPP. The molecule has 76 valence electrons. The van der Waals surface area contributed by atoms with Crippen molar-refractivity contribution in [2.45, 2.75) is 18.9 Å². The van der Waals surface area contributed by atoms with Gasteiger partial charge in [0.1, 0.15) is 6.04 Å². The van der Waals surface area contributed by atoms with E-state index in [1.165, 1.54) is 0 Å². The second-order valence-electron chi connectivity index (χ2n) is 2.19. The van der Waals surface area contributed by atoms with Crippen molar-refractivity contribution < 1.29 is 19.2 Å². The monoisotopic (exact) mass is 243 g/mol. The summed E-state index contributed by atoms with van der Waals surface area (Å²) >= 11 is 0. The third kappa shape index (κ3) is 6.29. The summed E-state index contributed by atoms with van der Waals surface area (Å²) in [5.74, 6) is -1.35. The quantitative estimate of drug-likeness (QED) is 0.665. The molecule has 4 atom stereocenters. The maximum atomic E-state index is 11.1. The lowest BCUT2D eigenvalue weighted by molar-refractivity contribution is -0.138. The summed E-state index contributed by atoms with van der Waals surface area (Å²) in [5, 5.41) is 11.0. The van der Waals surface area contributed by atoms with E-state index < -0.39 is 18.0 Å². The first-order valence-corrected chi connectivity index (χ1v) is 6.75. The number of rotatable bonds is 6. The van der Waals surface area contributed by atoms with E-state index in [1.807, 2.05) is 0 Å². The van der Waals surface area contributed by atoms with Gasteiger partial charge >= 0.3 is 11.9 Å². The molecule has 2 N–H and O–H groups in total. The van der Waals surface area contributed by atoms with Crippen LogP contribution in [0.5, 0.6) is 0 Å². The van der Waals surface area contributed by atoms with Crippen molar-refractivity contribution in [1.82, 2.24) is 5.09 Å². The smallest absolute Gasteiger partial charge is 0.326 e. The van der Waals surface area contributed by atoms with Crippen LogP contribution in [-0.4, -0.2) is 23.1 Å². The van der Waals surface area contributed by atoms with Crippen LogP contribution in [0.1, 0.15) is 12.8 Å². The van der Waals surface area contributed by atoms with Gasteiger partial charge in [0.2, 0.25) is 0 Å². The highest BCUT2D eigenvalue weighted by atomic mass is 32.0. The summed E-state index contributed by atoms with van der Waals surface area (Å²) in [6.45, 7) is 0. The molecule has 0 aromatic heterocycles. The molecule has 0 heterocycles. The minimum atomic E-state index is -0.925. The molecule has 0 fully saturated rings. The van der Waals surface area contributed by atoms with E-state index in [9.17, 15) is 9.59 Å². The molecule has 0 spiro atoms. The van der Waals surface area contributed by atoms with Crippen LogP contribution in [0.4, 0.5) is 0 Å². The van der Waals surface area contributed by atoms with Crippen LogP contribution >= 0.6 is 26.8 Å². The maximum absolute atomic E-state index is 11.1. The molecule has 13 heavy (non-hydrogen) atoms. The molecule has 0 radical (unpaired) electrons. The average molecular weight is 243 g/mol. The van der Waals surface area contributed by atoms with Crippen molar-refractivity contribution in [2.24, 2.45) is 0 Å². The second-order valence-corrected chi connectivity index (χ2v) is 3.67. The van der Waals surface area contributed by atoms with E-state index in [2.05, 4.69) is 23.4 Å². The summed E-state index contributed by atoms with van der Waals surface area (Å²) in [5.41, 5.74) is 0. The zero-order valence-corrected chi connectivity index (χ0v) is 10.1. The number of carboxylic acid groups (broad SMARTS) is 1. The van der Waals surface area contributed by atoms with E-state index in [4.69, 9.17) is 9.63 Å². The van der Waals surface area contributed by atoms with E-state index in [-0.39, 0.29) is 21.3 Å². The fraction of sp³-hybridized carbons (Fsp3) is 0.600. The van der Waals surface area contributed by atoms with Crippen molar-refractivity contribution in [3.63, 3.8) is 0 Å². The molecule has 0 aromatic carbocycles. The van der Waals surface area contributed by atoms with Crippen LogP contribution in [0.15, 0.2) is 0 Å². The Hall–Kier alpha value is 0.190. The van der Waals surface area contributed by atoms with Gasteiger partial charge in [-0.25, -0.2) is 0 Å². The normalized spacial score (nSPS) is 13.1. The van der Waals surface area contributed by atoms with Crippen LogP contribution in [0.3, 0.4) is 0 Å². The van der Waals surface area contributed by atoms with Crippen LogP contribution < -0.4 is 5.09 Å². The second kappa shape index (κ2) is 7.58. The maximum Gasteiger partial charge on any atom is 0.326 e. The third-order valence-corrected chi connectivity index (χ3v) is 2.37. The lowest BCUT2D eigenvalue weighted by Crippen LogP contribution is -2.31. The highest BCUT2D eigenvalue weighted by Crippen LogP contribution is 2.22. The summed E-state index contributed by atoms with van der Waals surface area (Å²) in [6, 6.07) is -0.561. The Labute approximate surface area is 82.6 Å². The van der Waals surface area contributed by atoms with Crippen LogP contribution in [-0.2, 0) is 14.1 Å². The van der Waals surface area contributed by atoms with Gasteiger partial charge in [0.15, 0.2) is 0 Å². The van der Waals surface area contributed by atoms with Gasteiger partial charge in [0, 0.05) is 6.42 Å². The number of carbonyl (C=O) groups excluding carboxylic acids is 1. The first-order chi connectivity index (χ1) is 6.11. The minimum absolute atomic E-state index is 0.00331. The molecule has 4 unspecified atom stereocenters. The summed E-state index contributed by atoms with van der Waals surface area (Å²) in [7, 11) is 4.45. The van der Waals surface area contributed by atoms with Crippen molar-refractivity contribution in [2.75, 3.05) is 0 Å². The molecular weight excluding hydrogens is 231 g/mol. The lowest BCUT2D eigenvalue weighted by atomic mass is 10.2. The Morgan fingerprint density at radius 1 is 1.62 bits per heavy atom. The number of hydrogen-bond donors (Lipinski definition) is 2. The highest BCUT2D eigenvalue weighted by Gasteiger charge is 2.18. The summed E-state index contributed by atoms with van der Waals surface area (Å²) in [6.07, 6.45) is 0.175. The molecular formula is C5H12NO4P3. The van der Waals surface area contributed by atoms with Gasteiger partial charge in [-0.1, -0.05) is 18.3 Å².